The molecule has 1 amide bonds. The third kappa shape index (κ3) is 4.91. The van der Waals surface area contributed by atoms with Crippen LogP contribution in [0.4, 0.5) is 9.18 Å². The smallest absolute Gasteiger partial charge is 0.404 e. The van der Waals surface area contributed by atoms with Crippen LogP contribution in [0.2, 0.25) is 0 Å². The number of rotatable bonds is 6. The van der Waals surface area contributed by atoms with E-state index in [1.807, 2.05) is 20.8 Å². The highest BCUT2D eigenvalue weighted by Gasteiger charge is 2.30. The van der Waals surface area contributed by atoms with E-state index in [9.17, 15) is 22.7 Å². The standard InChI is InChI=1S/C21H23FN4O4S/c1-21(2,3)17(24-20(27)28)12-14-13-18(31(29,30)15-8-5-4-6-9-15)26(25-14)16-10-7-11-23-19(16)22/h4-11,13,17,24H,12H2,1-3H3,(H,27,28). The number of hydrogen-bond acceptors (Lipinski definition) is 5. The minimum Gasteiger partial charge on any atom is -0.465 e. The average molecular weight is 447 g/mol. The molecule has 2 N–H and O–H groups in total. The third-order valence-electron chi connectivity index (χ3n) is 4.78. The van der Waals surface area contributed by atoms with E-state index >= 15 is 0 Å². The van der Waals surface area contributed by atoms with Gasteiger partial charge in [0.25, 0.3) is 0 Å². The van der Waals surface area contributed by atoms with Gasteiger partial charge in [-0.15, -0.1) is 0 Å². The number of nitrogens with zero attached hydrogens (tertiary/aromatic N) is 3. The van der Waals surface area contributed by atoms with Crippen molar-refractivity contribution >= 4 is 15.9 Å². The lowest BCUT2D eigenvalue weighted by Crippen LogP contribution is -2.44. The summed E-state index contributed by atoms with van der Waals surface area (Å²) in [7, 11) is -4.04. The van der Waals surface area contributed by atoms with Crippen molar-refractivity contribution in [2.75, 3.05) is 0 Å². The number of pyridine rings is 1. The summed E-state index contributed by atoms with van der Waals surface area (Å²) in [6.07, 6.45) is 0.165. The maximum absolute atomic E-state index is 14.4. The second-order valence-corrected chi connectivity index (χ2v) is 9.98. The van der Waals surface area contributed by atoms with E-state index in [1.165, 1.54) is 36.5 Å². The molecule has 0 aliphatic carbocycles. The largest absolute Gasteiger partial charge is 0.465 e. The number of nitrogens with one attached hydrogen (secondary N) is 1. The van der Waals surface area contributed by atoms with Crippen molar-refractivity contribution in [2.24, 2.45) is 5.41 Å². The van der Waals surface area contributed by atoms with E-state index in [1.54, 1.807) is 18.2 Å². The Morgan fingerprint density at radius 1 is 1.19 bits per heavy atom. The highest BCUT2D eigenvalue weighted by atomic mass is 32.2. The Balaban J connectivity index is 2.15. The van der Waals surface area contributed by atoms with Gasteiger partial charge in [-0.05, 0) is 35.7 Å². The number of carbonyl (C=O) groups is 1. The molecular weight excluding hydrogens is 423 g/mol. The lowest BCUT2D eigenvalue weighted by Gasteiger charge is -2.29. The Bertz CT molecular complexity index is 1190. The second-order valence-electron chi connectivity index (χ2n) is 8.09. The minimum atomic E-state index is -4.04. The molecule has 0 aliphatic rings. The first-order valence-electron chi connectivity index (χ1n) is 9.49. The van der Waals surface area contributed by atoms with Crippen molar-refractivity contribution in [3.8, 4) is 5.69 Å². The minimum absolute atomic E-state index is 0.0306. The van der Waals surface area contributed by atoms with E-state index in [0.29, 0.717) is 5.69 Å². The van der Waals surface area contributed by atoms with Crippen molar-refractivity contribution in [2.45, 2.75) is 43.2 Å². The van der Waals surface area contributed by atoms with E-state index in [4.69, 9.17) is 0 Å². The molecule has 10 heteroatoms. The molecule has 1 atom stereocenters. The van der Waals surface area contributed by atoms with Gasteiger partial charge >= 0.3 is 6.09 Å². The van der Waals surface area contributed by atoms with Crippen LogP contribution in [0.15, 0.2) is 64.6 Å². The molecule has 2 aromatic heterocycles. The predicted molar refractivity (Wildman–Crippen MR) is 111 cm³/mol. The average Bonchev–Trinajstić information content (AvgIpc) is 3.12. The Morgan fingerprint density at radius 3 is 2.45 bits per heavy atom. The van der Waals surface area contributed by atoms with Crippen LogP contribution in [0.1, 0.15) is 26.5 Å². The lowest BCUT2D eigenvalue weighted by atomic mass is 9.84. The zero-order valence-corrected chi connectivity index (χ0v) is 18.1. The van der Waals surface area contributed by atoms with Gasteiger partial charge in [0.2, 0.25) is 15.8 Å². The molecule has 31 heavy (non-hydrogen) atoms. The van der Waals surface area contributed by atoms with Gasteiger partial charge in [0, 0.05) is 18.7 Å². The maximum Gasteiger partial charge on any atom is 0.404 e. The number of sulfone groups is 1. The summed E-state index contributed by atoms with van der Waals surface area (Å²) in [6, 6.07) is 11.4. The number of aromatic nitrogens is 3. The number of halogens is 1. The molecule has 0 aliphatic heterocycles. The summed E-state index contributed by atoms with van der Waals surface area (Å²) in [5.41, 5.74) is -0.298. The molecule has 3 rings (SSSR count). The molecule has 164 valence electrons. The number of benzene rings is 1. The van der Waals surface area contributed by atoms with Crippen LogP contribution >= 0.6 is 0 Å². The third-order valence-corrected chi connectivity index (χ3v) is 6.51. The predicted octanol–water partition coefficient (Wildman–Crippen LogP) is 3.46. The van der Waals surface area contributed by atoms with E-state index < -0.39 is 33.3 Å². The summed E-state index contributed by atoms with van der Waals surface area (Å²) >= 11 is 0. The number of carboxylic acid groups (broad SMARTS) is 1. The normalized spacial score (nSPS) is 13.0. The Kier molecular flexibility index (Phi) is 6.12. The molecule has 0 saturated heterocycles. The molecule has 2 heterocycles. The maximum atomic E-state index is 14.4. The topological polar surface area (TPSA) is 114 Å². The molecule has 3 aromatic rings. The Morgan fingerprint density at radius 2 is 1.87 bits per heavy atom. The van der Waals surface area contributed by atoms with Gasteiger partial charge in [-0.2, -0.15) is 9.49 Å². The molecule has 1 unspecified atom stereocenters. The van der Waals surface area contributed by atoms with Gasteiger partial charge in [-0.3, -0.25) is 0 Å². The van der Waals surface area contributed by atoms with E-state index in [0.717, 1.165) is 4.68 Å². The van der Waals surface area contributed by atoms with Crippen molar-refractivity contribution in [3.05, 3.63) is 66.4 Å². The Hall–Kier alpha value is -3.27. The van der Waals surface area contributed by atoms with Crippen molar-refractivity contribution in [1.82, 2.24) is 20.1 Å². The fourth-order valence-electron chi connectivity index (χ4n) is 3.06. The van der Waals surface area contributed by atoms with Gasteiger partial charge < -0.3 is 10.4 Å². The number of hydrogen-bond donors (Lipinski definition) is 2. The van der Waals surface area contributed by atoms with Crippen LogP contribution < -0.4 is 5.32 Å². The van der Waals surface area contributed by atoms with Gasteiger partial charge in [-0.1, -0.05) is 39.0 Å². The van der Waals surface area contributed by atoms with Crippen molar-refractivity contribution < 1.29 is 22.7 Å². The molecule has 8 nitrogen and oxygen atoms in total. The fraction of sp³-hybridized carbons (Fsp3) is 0.286. The monoisotopic (exact) mass is 446 g/mol. The number of amides is 1. The lowest BCUT2D eigenvalue weighted by molar-refractivity contribution is 0.174. The van der Waals surface area contributed by atoms with Gasteiger partial charge in [-0.25, -0.2) is 22.9 Å². The summed E-state index contributed by atoms with van der Waals surface area (Å²) < 4.78 is 42.0. The fourth-order valence-corrected chi connectivity index (χ4v) is 4.48. The Labute approximate surface area is 179 Å². The first-order valence-corrected chi connectivity index (χ1v) is 11.0. The molecule has 1 aromatic carbocycles. The van der Waals surface area contributed by atoms with Gasteiger partial charge in [0.05, 0.1) is 10.6 Å². The van der Waals surface area contributed by atoms with Crippen LogP contribution in [-0.4, -0.2) is 40.4 Å². The second kappa shape index (κ2) is 8.46. The highest BCUT2D eigenvalue weighted by Crippen LogP contribution is 2.28. The summed E-state index contributed by atoms with van der Waals surface area (Å²) in [4.78, 5) is 14.9. The van der Waals surface area contributed by atoms with Gasteiger partial charge in [0.15, 0.2) is 5.03 Å². The molecule has 0 radical (unpaired) electrons. The molecule has 0 fully saturated rings. The molecule has 0 bridgehead atoms. The quantitative estimate of drug-likeness (QED) is 0.561. The van der Waals surface area contributed by atoms with Crippen molar-refractivity contribution in [1.29, 1.82) is 0 Å². The first kappa shape index (κ1) is 22.4. The van der Waals surface area contributed by atoms with Gasteiger partial charge in [0.1, 0.15) is 5.69 Å². The SMILES string of the molecule is CC(C)(C)C(Cc1cc(S(=O)(=O)c2ccccc2)n(-c2cccnc2F)n1)NC(=O)O. The van der Waals surface area contributed by atoms with Crippen LogP contribution in [0, 0.1) is 11.4 Å². The summed E-state index contributed by atoms with van der Waals surface area (Å²) in [5.74, 6) is -0.877. The first-order chi connectivity index (χ1) is 14.5. The van der Waals surface area contributed by atoms with Crippen LogP contribution in [0.5, 0.6) is 0 Å². The van der Waals surface area contributed by atoms with Crippen LogP contribution in [0.25, 0.3) is 5.69 Å². The van der Waals surface area contributed by atoms with Crippen LogP contribution in [-0.2, 0) is 16.3 Å². The molecular formula is C21H23FN4O4S. The summed E-state index contributed by atoms with van der Waals surface area (Å²) in [5, 5.41) is 15.7. The summed E-state index contributed by atoms with van der Waals surface area (Å²) in [6.45, 7) is 5.56. The zero-order chi connectivity index (χ0) is 22.8. The van der Waals surface area contributed by atoms with E-state index in [2.05, 4.69) is 15.4 Å². The van der Waals surface area contributed by atoms with Crippen molar-refractivity contribution in [3.63, 3.8) is 0 Å². The molecule has 0 spiro atoms. The highest BCUT2D eigenvalue weighted by molar-refractivity contribution is 7.91. The zero-order valence-electron chi connectivity index (χ0n) is 17.3. The molecule has 0 saturated carbocycles. The van der Waals surface area contributed by atoms with E-state index in [-0.39, 0.29) is 22.0 Å². The van der Waals surface area contributed by atoms with Crippen LogP contribution in [0.3, 0.4) is 0 Å².